The highest BCUT2D eigenvalue weighted by atomic mass is 19.4. The fourth-order valence-corrected chi connectivity index (χ4v) is 2.93. The number of benzene rings is 2. The number of hydrogen-bond donors (Lipinski definition) is 1. The minimum absolute atomic E-state index is 0.0335. The summed E-state index contributed by atoms with van der Waals surface area (Å²) in [5, 5.41) is 2.74. The van der Waals surface area contributed by atoms with Crippen LogP contribution in [0.2, 0.25) is 0 Å². The summed E-state index contributed by atoms with van der Waals surface area (Å²) < 4.78 is 48.1. The van der Waals surface area contributed by atoms with Gasteiger partial charge in [-0.15, -0.1) is 0 Å². The molecule has 0 unspecified atom stereocenters. The number of nitrogens with zero attached hydrogens (tertiary/aromatic N) is 1. The molecular formula is C20H19F3N2O4. The maximum Gasteiger partial charge on any atom is 0.416 e. The highest BCUT2D eigenvalue weighted by Gasteiger charge is 2.38. The number of alkyl halides is 3. The molecule has 0 spiro atoms. The van der Waals surface area contributed by atoms with E-state index in [4.69, 9.17) is 9.47 Å². The van der Waals surface area contributed by atoms with Crippen LogP contribution in [-0.4, -0.2) is 36.7 Å². The monoisotopic (exact) mass is 408 g/mol. The molecule has 0 aliphatic carbocycles. The molecule has 0 saturated carbocycles. The van der Waals surface area contributed by atoms with Crippen LogP contribution < -0.4 is 10.1 Å². The summed E-state index contributed by atoms with van der Waals surface area (Å²) in [6, 6.07) is 10.7. The van der Waals surface area contributed by atoms with E-state index in [1.54, 1.807) is 18.2 Å². The van der Waals surface area contributed by atoms with Gasteiger partial charge >= 0.3 is 12.3 Å². The van der Waals surface area contributed by atoms with Crippen LogP contribution >= 0.6 is 0 Å². The molecule has 3 rings (SSSR count). The van der Waals surface area contributed by atoms with Crippen LogP contribution in [0, 0.1) is 0 Å². The van der Waals surface area contributed by atoms with E-state index in [1.165, 1.54) is 24.1 Å². The van der Waals surface area contributed by atoms with E-state index in [0.717, 1.165) is 17.7 Å². The molecular weight excluding hydrogens is 389 g/mol. The number of cyclic esters (lactones) is 1. The number of amides is 2. The van der Waals surface area contributed by atoms with Crippen LogP contribution in [0.5, 0.6) is 5.75 Å². The number of carbonyl (C=O) groups is 2. The molecule has 1 aliphatic rings. The Labute approximate surface area is 165 Å². The van der Waals surface area contributed by atoms with Gasteiger partial charge < -0.3 is 14.8 Å². The molecule has 2 aromatic rings. The molecule has 1 saturated heterocycles. The normalized spacial score (nSPS) is 16.5. The Hall–Kier alpha value is -3.23. The van der Waals surface area contributed by atoms with Gasteiger partial charge in [-0.1, -0.05) is 24.3 Å². The molecule has 9 heteroatoms. The zero-order valence-electron chi connectivity index (χ0n) is 15.5. The minimum atomic E-state index is -4.44. The highest BCUT2D eigenvalue weighted by Crippen LogP contribution is 2.29. The SMILES string of the molecule is COc1cccc(CNC(=O)[C@@H]2COC(=O)N2Cc2ccc(C(F)(F)F)cc2)c1. The van der Waals surface area contributed by atoms with Crippen LogP contribution in [0.4, 0.5) is 18.0 Å². The van der Waals surface area contributed by atoms with E-state index < -0.39 is 29.8 Å². The van der Waals surface area contributed by atoms with Crippen molar-refractivity contribution in [3.63, 3.8) is 0 Å². The maximum atomic E-state index is 12.7. The van der Waals surface area contributed by atoms with Crippen molar-refractivity contribution in [2.45, 2.75) is 25.3 Å². The van der Waals surface area contributed by atoms with Gasteiger partial charge in [0.05, 0.1) is 19.2 Å². The van der Waals surface area contributed by atoms with Gasteiger partial charge in [-0.2, -0.15) is 13.2 Å². The van der Waals surface area contributed by atoms with Gasteiger partial charge in [0, 0.05) is 6.54 Å². The summed E-state index contributed by atoms with van der Waals surface area (Å²) in [6.45, 7) is 0.0759. The standard InChI is InChI=1S/C20H19F3N2O4/c1-28-16-4-2-3-14(9-16)10-24-18(26)17-12-29-19(27)25(17)11-13-5-7-15(8-6-13)20(21,22)23/h2-9,17H,10-12H2,1H3,(H,24,26)/t17-/m0/s1. The Kier molecular flexibility index (Phi) is 5.95. The fourth-order valence-electron chi connectivity index (χ4n) is 2.93. The third-order valence-electron chi connectivity index (χ3n) is 4.51. The summed E-state index contributed by atoms with van der Waals surface area (Å²) in [4.78, 5) is 25.7. The zero-order chi connectivity index (χ0) is 21.0. The van der Waals surface area contributed by atoms with Gasteiger partial charge in [-0.25, -0.2) is 4.79 Å². The molecule has 0 bridgehead atoms. The average molecular weight is 408 g/mol. The molecule has 2 aromatic carbocycles. The lowest BCUT2D eigenvalue weighted by Gasteiger charge is -2.21. The van der Waals surface area contributed by atoms with Crippen molar-refractivity contribution in [1.82, 2.24) is 10.2 Å². The summed E-state index contributed by atoms with van der Waals surface area (Å²) in [7, 11) is 1.54. The summed E-state index contributed by atoms with van der Waals surface area (Å²) in [5.41, 5.74) is 0.498. The summed E-state index contributed by atoms with van der Waals surface area (Å²) in [5.74, 6) is 0.241. The molecule has 0 radical (unpaired) electrons. The average Bonchev–Trinajstić information content (AvgIpc) is 3.06. The third-order valence-corrected chi connectivity index (χ3v) is 4.51. The van der Waals surface area contributed by atoms with Gasteiger partial charge in [0.15, 0.2) is 0 Å². The Bertz CT molecular complexity index is 884. The third kappa shape index (κ3) is 4.98. The minimum Gasteiger partial charge on any atom is -0.497 e. The molecule has 6 nitrogen and oxygen atoms in total. The number of rotatable bonds is 6. The largest absolute Gasteiger partial charge is 0.497 e. The van der Waals surface area contributed by atoms with E-state index in [9.17, 15) is 22.8 Å². The second-order valence-electron chi connectivity index (χ2n) is 6.48. The lowest BCUT2D eigenvalue weighted by Crippen LogP contribution is -2.45. The smallest absolute Gasteiger partial charge is 0.416 e. The fraction of sp³-hybridized carbons (Fsp3) is 0.300. The van der Waals surface area contributed by atoms with Crippen LogP contribution in [0.15, 0.2) is 48.5 Å². The summed E-state index contributed by atoms with van der Waals surface area (Å²) in [6.07, 6.45) is -5.13. The predicted octanol–water partition coefficient (Wildman–Crippen LogP) is 3.35. The molecule has 1 atom stereocenters. The number of halogens is 3. The van der Waals surface area contributed by atoms with E-state index in [0.29, 0.717) is 11.3 Å². The zero-order valence-corrected chi connectivity index (χ0v) is 15.5. The topological polar surface area (TPSA) is 67.9 Å². The van der Waals surface area contributed by atoms with Crippen molar-refractivity contribution < 1.29 is 32.2 Å². The van der Waals surface area contributed by atoms with E-state index in [2.05, 4.69) is 5.32 Å². The number of ether oxygens (including phenoxy) is 2. The van der Waals surface area contributed by atoms with Crippen LogP contribution in [0.25, 0.3) is 0 Å². The summed E-state index contributed by atoms with van der Waals surface area (Å²) >= 11 is 0. The molecule has 1 N–H and O–H groups in total. The van der Waals surface area contributed by atoms with Crippen molar-refractivity contribution in [2.24, 2.45) is 0 Å². The lowest BCUT2D eigenvalue weighted by atomic mass is 10.1. The Morgan fingerprint density at radius 2 is 1.93 bits per heavy atom. The van der Waals surface area contributed by atoms with Crippen molar-refractivity contribution >= 4 is 12.0 Å². The number of hydrogen-bond acceptors (Lipinski definition) is 4. The van der Waals surface area contributed by atoms with E-state index >= 15 is 0 Å². The molecule has 2 amide bonds. The Morgan fingerprint density at radius 1 is 1.21 bits per heavy atom. The Morgan fingerprint density at radius 3 is 2.59 bits per heavy atom. The molecule has 1 aliphatic heterocycles. The predicted molar refractivity (Wildman–Crippen MR) is 97.0 cm³/mol. The first kappa shape index (κ1) is 20.5. The molecule has 1 fully saturated rings. The van der Waals surface area contributed by atoms with Crippen molar-refractivity contribution in [1.29, 1.82) is 0 Å². The first-order valence-corrected chi connectivity index (χ1v) is 8.78. The quantitative estimate of drug-likeness (QED) is 0.796. The van der Waals surface area contributed by atoms with Crippen molar-refractivity contribution in [2.75, 3.05) is 13.7 Å². The Balaban J connectivity index is 1.64. The van der Waals surface area contributed by atoms with Crippen LogP contribution in [0.1, 0.15) is 16.7 Å². The molecule has 1 heterocycles. The van der Waals surface area contributed by atoms with Gasteiger partial charge in [-0.05, 0) is 35.4 Å². The van der Waals surface area contributed by atoms with Gasteiger partial charge in [0.25, 0.3) is 0 Å². The second kappa shape index (κ2) is 8.42. The van der Waals surface area contributed by atoms with Crippen LogP contribution in [0.3, 0.4) is 0 Å². The van der Waals surface area contributed by atoms with E-state index in [1.807, 2.05) is 6.07 Å². The second-order valence-corrected chi connectivity index (χ2v) is 6.48. The van der Waals surface area contributed by atoms with Crippen molar-refractivity contribution in [3.8, 4) is 5.75 Å². The molecule has 29 heavy (non-hydrogen) atoms. The maximum absolute atomic E-state index is 12.7. The van der Waals surface area contributed by atoms with Crippen LogP contribution in [-0.2, 0) is 28.8 Å². The van der Waals surface area contributed by atoms with Gasteiger partial charge in [-0.3, -0.25) is 9.69 Å². The molecule has 0 aromatic heterocycles. The van der Waals surface area contributed by atoms with Gasteiger partial charge in [0.2, 0.25) is 5.91 Å². The highest BCUT2D eigenvalue weighted by molar-refractivity contribution is 5.87. The van der Waals surface area contributed by atoms with Crippen molar-refractivity contribution in [3.05, 3.63) is 65.2 Å². The number of carbonyl (C=O) groups excluding carboxylic acids is 2. The number of nitrogens with one attached hydrogen (secondary N) is 1. The lowest BCUT2D eigenvalue weighted by molar-refractivity contribution is -0.137. The van der Waals surface area contributed by atoms with Gasteiger partial charge in [0.1, 0.15) is 18.4 Å². The number of methoxy groups -OCH3 is 1. The van der Waals surface area contributed by atoms with E-state index in [-0.39, 0.29) is 19.7 Å². The first-order chi connectivity index (χ1) is 13.8. The first-order valence-electron chi connectivity index (χ1n) is 8.78. The molecule has 154 valence electrons.